The highest BCUT2D eigenvalue weighted by Crippen LogP contribution is 2.18. The second-order valence-electron chi connectivity index (χ2n) is 6.93. The number of likely N-dealkylation sites (N-methyl/N-ethyl adjacent to an activating group) is 1. The van der Waals surface area contributed by atoms with Crippen molar-refractivity contribution >= 4 is 5.91 Å². The van der Waals surface area contributed by atoms with Gasteiger partial charge in [-0.3, -0.25) is 14.6 Å². The molecule has 3 heterocycles. The molecule has 2 saturated heterocycles. The van der Waals surface area contributed by atoms with Gasteiger partial charge in [-0.2, -0.15) is 0 Å². The summed E-state index contributed by atoms with van der Waals surface area (Å²) in [6.07, 6.45) is 8.94. The molecule has 5 heteroatoms. The van der Waals surface area contributed by atoms with Crippen LogP contribution in [-0.4, -0.2) is 77.5 Å². The number of rotatable bonds is 4. The fourth-order valence-corrected chi connectivity index (χ4v) is 3.74. The highest BCUT2D eigenvalue weighted by molar-refractivity contribution is 5.82. The van der Waals surface area contributed by atoms with E-state index in [4.69, 9.17) is 0 Å². The van der Waals surface area contributed by atoms with Crippen LogP contribution in [0.4, 0.5) is 0 Å². The number of carbonyl (C=O) groups is 1. The SMILES string of the molecule is CN1CCCCCC1C(=O)N1CCN(CCn2cccc2)CC1. The minimum atomic E-state index is 0.115. The van der Waals surface area contributed by atoms with Gasteiger partial charge in [0.15, 0.2) is 0 Å². The van der Waals surface area contributed by atoms with Crippen LogP contribution in [0.15, 0.2) is 24.5 Å². The van der Waals surface area contributed by atoms with Gasteiger partial charge in [0.25, 0.3) is 0 Å². The van der Waals surface area contributed by atoms with E-state index in [1.54, 1.807) is 0 Å². The molecule has 2 fully saturated rings. The number of nitrogens with zero attached hydrogens (tertiary/aromatic N) is 4. The lowest BCUT2D eigenvalue weighted by Gasteiger charge is -2.38. The summed E-state index contributed by atoms with van der Waals surface area (Å²) in [4.78, 5) is 19.7. The smallest absolute Gasteiger partial charge is 0.240 e. The molecule has 0 aliphatic carbocycles. The fourth-order valence-electron chi connectivity index (χ4n) is 3.74. The Morgan fingerprint density at radius 1 is 0.957 bits per heavy atom. The molecule has 128 valence electrons. The summed E-state index contributed by atoms with van der Waals surface area (Å²) >= 11 is 0. The van der Waals surface area contributed by atoms with Gasteiger partial charge in [0.1, 0.15) is 0 Å². The zero-order valence-electron chi connectivity index (χ0n) is 14.4. The number of likely N-dealkylation sites (tertiary alicyclic amines) is 1. The molecule has 0 saturated carbocycles. The van der Waals surface area contributed by atoms with Crippen LogP contribution < -0.4 is 0 Å². The van der Waals surface area contributed by atoms with Gasteiger partial charge >= 0.3 is 0 Å². The summed E-state index contributed by atoms with van der Waals surface area (Å²) < 4.78 is 2.22. The lowest BCUT2D eigenvalue weighted by molar-refractivity contribution is -0.138. The average molecular weight is 318 g/mol. The Kier molecular flexibility index (Phi) is 5.73. The number of carbonyl (C=O) groups excluding carboxylic acids is 1. The Balaban J connectivity index is 1.45. The Labute approximate surface area is 139 Å². The second-order valence-corrected chi connectivity index (χ2v) is 6.93. The van der Waals surface area contributed by atoms with E-state index in [0.29, 0.717) is 5.91 Å². The molecule has 2 aliphatic heterocycles. The minimum absolute atomic E-state index is 0.115. The van der Waals surface area contributed by atoms with Crippen molar-refractivity contribution in [3.63, 3.8) is 0 Å². The highest BCUT2D eigenvalue weighted by Gasteiger charge is 2.30. The van der Waals surface area contributed by atoms with Crippen molar-refractivity contribution in [3.8, 4) is 0 Å². The van der Waals surface area contributed by atoms with Crippen molar-refractivity contribution in [1.29, 1.82) is 0 Å². The summed E-state index contributed by atoms with van der Waals surface area (Å²) in [7, 11) is 2.11. The molecular formula is C18H30N4O. The molecule has 1 aromatic rings. The van der Waals surface area contributed by atoms with E-state index in [1.807, 2.05) is 0 Å². The summed E-state index contributed by atoms with van der Waals surface area (Å²) in [5.74, 6) is 0.361. The van der Waals surface area contributed by atoms with Crippen LogP contribution in [0, 0.1) is 0 Å². The molecule has 3 rings (SSSR count). The normalized spacial score (nSPS) is 24.6. The average Bonchev–Trinajstić information content (AvgIpc) is 3.00. The van der Waals surface area contributed by atoms with Crippen molar-refractivity contribution in [3.05, 3.63) is 24.5 Å². The maximum absolute atomic E-state index is 12.8. The Bertz CT molecular complexity index is 479. The highest BCUT2D eigenvalue weighted by atomic mass is 16.2. The van der Waals surface area contributed by atoms with Gasteiger partial charge < -0.3 is 9.47 Å². The number of hydrogen-bond donors (Lipinski definition) is 0. The number of piperazine rings is 1. The predicted octanol–water partition coefficient (Wildman–Crippen LogP) is 1.51. The third-order valence-electron chi connectivity index (χ3n) is 5.33. The Morgan fingerprint density at radius 3 is 2.43 bits per heavy atom. The lowest BCUT2D eigenvalue weighted by atomic mass is 10.1. The molecule has 0 aromatic carbocycles. The first kappa shape index (κ1) is 16.5. The molecule has 1 aromatic heterocycles. The molecule has 5 nitrogen and oxygen atoms in total. The standard InChI is InChI=1S/C18H30N4O/c1-19-8-4-2-3-7-17(19)18(23)22-15-13-21(14-16-22)12-11-20-9-5-6-10-20/h5-6,9-10,17H,2-4,7-8,11-16H2,1H3. The molecule has 1 unspecified atom stereocenters. The summed E-state index contributed by atoms with van der Waals surface area (Å²) in [5.41, 5.74) is 0. The first-order valence-electron chi connectivity index (χ1n) is 9.06. The summed E-state index contributed by atoms with van der Waals surface area (Å²) in [6.45, 7) is 6.94. The Hall–Kier alpha value is -1.33. The van der Waals surface area contributed by atoms with Gasteiger partial charge in [0, 0.05) is 51.7 Å². The van der Waals surface area contributed by atoms with E-state index in [-0.39, 0.29) is 6.04 Å². The van der Waals surface area contributed by atoms with Crippen LogP contribution in [0.3, 0.4) is 0 Å². The minimum Gasteiger partial charge on any atom is -0.353 e. The molecule has 23 heavy (non-hydrogen) atoms. The van der Waals surface area contributed by atoms with Gasteiger partial charge in [-0.15, -0.1) is 0 Å². The van der Waals surface area contributed by atoms with Crippen LogP contribution in [0.25, 0.3) is 0 Å². The molecular weight excluding hydrogens is 288 g/mol. The van der Waals surface area contributed by atoms with Crippen LogP contribution >= 0.6 is 0 Å². The fraction of sp³-hybridized carbons (Fsp3) is 0.722. The molecule has 0 bridgehead atoms. The van der Waals surface area contributed by atoms with Crippen molar-refractivity contribution in [2.24, 2.45) is 0 Å². The van der Waals surface area contributed by atoms with Crippen LogP contribution in [0.5, 0.6) is 0 Å². The molecule has 0 radical (unpaired) electrons. The number of aromatic nitrogens is 1. The predicted molar refractivity (Wildman–Crippen MR) is 92.3 cm³/mol. The van der Waals surface area contributed by atoms with E-state index < -0.39 is 0 Å². The van der Waals surface area contributed by atoms with E-state index in [1.165, 1.54) is 19.3 Å². The van der Waals surface area contributed by atoms with Gasteiger partial charge in [-0.05, 0) is 38.6 Å². The van der Waals surface area contributed by atoms with Gasteiger partial charge in [-0.25, -0.2) is 0 Å². The molecule has 2 aliphatic rings. The zero-order chi connectivity index (χ0) is 16.1. The van der Waals surface area contributed by atoms with Crippen molar-refractivity contribution < 1.29 is 4.79 Å². The van der Waals surface area contributed by atoms with Crippen LogP contribution in [0.2, 0.25) is 0 Å². The molecule has 1 amide bonds. The lowest BCUT2D eigenvalue weighted by Crippen LogP contribution is -2.54. The van der Waals surface area contributed by atoms with Crippen LogP contribution in [0.1, 0.15) is 25.7 Å². The van der Waals surface area contributed by atoms with Gasteiger partial charge in [-0.1, -0.05) is 12.8 Å². The maximum atomic E-state index is 12.8. The van der Waals surface area contributed by atoms with Gasteiger partial charge in [0.05, 0.1) is 6.04 Å². The monoisotopic (exact) mass is 318 g/mol. The van der Waals surface area contributed by atoms with E-state index in [9.17, 15) is 4.79 Å². The maximum Gasteiger partial charge on any atom is 0.240 e. The molecule has 0 N–H and O–H groups in total. The van der Waals surface area contributed by atoms with E-state index in [0.717, 1.165) is 52.2 Å². The summed E-state index contributed by atoms with van der Waals surface area (Å²) in [6, 6.07) is 4.25. The molecule has 0 spiro atoms. The third kappa shape index (κ3) is 4.36. The number of amides is 1. The van der Waals surface area contributed by atoms with Crippen LogP contribution in [-0.2, 0) is 11.3 Å². The van der Waals surface area contributed by atoms with Crippen molar-refractivity contribution in [2.75, 3.05) is 46.3 Å². The quantitative estimate of drug-likeness (QED) is 0.843. The zero-order valence-corrected chi connectivity index (χ0v) is 14.4. The van der Waals surface area contributed by atoms with E-state index >= 15 is 0 Å². The van der Waals surface area contributed by atoms with Crippen molar-refractivity contribution in [2.45, 2.75) is 38.3 Å². The molecule has 1 atom stereocenters. The third-order valence-corrected chi connectivity index (χ3v) is 5.33. The number of hydrogen-bond acceptors (Lipinski definition) is 3. The first-order chi connectivity index (χ1) is 11.2. The van der Waals surface area contributed by atoms with Gasteiger partial charge in [0.2, 0.25) is 5.91 Å². The van der Waals surface area contributed by atoms with Crippen molar-refractivity contribution in [1.82, 2.24) is 19.3 Å². The van der Waals surface area contributed by atoms with E-state index in [2.05, 4.69) is 50.8 Å². The topological polar surface area (TPSA) is 31.7 Å². The first-order valence-corrected chi connectivity index (χ1v) is 9.06. The second kappa shape index (κ2) is 7.97. The largest absolute Gasteiger partial charge is 0.353 e. The summed E-state index contributed by atoms with van der Waals surface area (Å²) in [5, 5.41) is 0. The Morgan fingerprint density at radius 2 is 1.70 bits per heavy atom.